The minimum absolute atomic E-state index is 0.306. The number of hydrogen-bond donors (Lipinski definition) is 1. The average molecular weight is 367 g/mol. The highest BCUT2D eigenvalue weighted by atomic mass is 16.5. The first-order valence-corrected chi connectivity index (χ1v) is 8.07. The van der Waals surface area contributed by atoms with Crippen molar-refractivity contribution < 1.29 is 23.6 Å². The van der Waals surface area contributed by atoms with Crippen molar-refractivity contribution in [2.75, 3.05) is 19.0 Å². The van der Waals surface area contributed by atoms with Crippen LogP contribution in [-0.4, -0.2) is 35.7 Å². The van der Waals surface area contributed by atoms with E-state index in [-0.39, 0.29) is 0 Å². The monoisotopic (exact) mass is 367 g/mol. The van der Waals surface area contributed by atoms with Crippen LogP contribution in [0.2, 0.25) is 0 Å². The van der Waals surface area contributed by atoms with Gasteiger partial charge < -0.3 is 19.3 Å². The van der Waals surface area contributed by atoms with Crippen molar-refractivity contribution in [3.05, 3.63) is 59.9 Å². The van der Waals surface area contributed by atoms with Crippen LogP contribution in [0.5, 0.6) is 5.75 Å². The molecule has 3 aromatic rings. The van der Waals surface area contributed by atoms with Gasteiger partial charge in [0.2, 0.25) is 0 Å². The maximum Gasteiger partial charge on any atom is 0.338 e. The number of esters is 1. The van der Waals surface area contributed by atoms with E-state index in [1.54, 1.807) is 55.5 Å². The number of aryl methyl sites for hydroxylation is 1. The van der Waals surface area contributed by atoms with E-state index >= 15 is 0 Å². The number of carbonyl (C=O) groups excluding carboxylic acids is 2. The van der Waals surface area contributed by atoms with Crippen molar-refractivity contribution in [2.24, 2.45) is 0 Å². The van der Waals surface area contributed by atoms with Gasteiger partial charge in [0.05, 0.1) is 18.4 Å². The second-order valence-corrected chi connectivity index (χ2v) is 5.55. The van der Waals surface area contributed by atoms with E-state index in [4.69, 9.17) is 14.0 Å². The predicted molar refractivity (Wildman–Crippen MR) is 96.4 cm³/mol. The molecule has 8 nitrogen and oxygen atoms in total. The summed E-state index contributed by atoms with van der Waals surface area (Å²) in [4.78, 5) is 28.2. The Morgan fingerprint density at radius 1 is 1.11 bits per heavy atom. The molecule has 0 unspecified atom stereocenters. The number of rotatable bonds is 6. The molecule has 8 heteroatoms. The van der Waals surface area contributed by atoms with Crippen LogP contribution in [0.4, 0.5) is 5.69 Å². The van der Waals surface area contributed by atoms with Gasteiger partial charge in [-0.25, -0.2) is 4.79 Å². The summed E-state index contributed by atoms with van der Waals surface area (Å²) < 4.78 is 15.3. The Kier molecular flexibility index (Phi) is 5.46. The summed E-state index contributed by atoms with van der Waals surface area (Å²) >= 11 is 0. The van der Waals surface area contributed by atoms with E-state index in [0.717, 1.165) is 0 Å². The zero-order valence-corrected chi connectivity index (χ0v) is 14.8. The highest BCUT2D eigenvalue weighted by Crippen LogP contribution is 2.23. The summed E-state index contributed by atoms with van der Waals surface area (Å²) in [5.41, 5.74) is 1.49. The van der Waals surface area contributed by atoms with Gasteiger partial charge in [-0.05, 0) is 43.3 Å². The zero-order valence-electron chi connectivity index (χ0n) is 14.8. The molecule has 0 aliphatic heterocycles. The fourth-order valence-electron chi connectivity index (χ4n) is 2.31. The van der Waals surface area contributed by atoms with Crippen LogP contribution in [0.15, 0.2) is 53.1 Å². The van der Waals surface area contributed by atoms with Crippen LogP contribution in [0.1, 0.15) is 16.2 Å². The standard InChI is InChI=1S/C19H17N3O5/c1-12-20-18(27-22-12)13-7-9-14(10-8-13)19(24)26-11-17(23)21-15-5-3-4-6-16(15)25-2/h3-10H,11H2,1-2H3,(H,21,23). The molecule has 0 radical (unpaired) electrons. The Hall–Kier alpha value is -3.68. The molecule has 0 spiro atoms. The second-order valence-electron chi connectivity index (χ2n) is 5.55. The molecule has 0 bridgehead atoms. The van der Waals surface area contributed by atoms with Gasteiger partial charge in [0.15, 0.2) is 12.4 Å². The number of nitrogens with one attached hydrogen (secondary N) is 1. The maximum absolute atomic E-state index is 12.1. The number of aromatic nitrogens is 2. The number of para-hydroxylation sites is 2. The minimum Gasteiger partial charge on any atom is -0.495 e. The molecule has 1 amide bonds. The zero-order chi connectivity index (χ0) is 19.2. The second kappa shape index (κ2) is 8.13. The molecule has 0 atom stereocenters. The molecule has 1 N–H and O–H groups in total. The number of ether oxygens (including phenoxy) is 2. The summed E-state index contributed by atoms with van der Waals surface area (Å²) in [6.07, 6.45) is 0. The molecule has 0 saturated heterocycles. The van der Waals surface area contributed by atoms with E-state index in [1.807, 2.05) is 0 Å². The minimum atomic E-state index is -0.613. The van der Waals surface area contributed by atoms with Crippen molar-refractivity contribution in [1.82, 2.24) is 10.1 Å². The van der Waals surface area contributed by atoms with Gasteiger partial charge in [0.1, 0.15) is 5.75 Å². The maximum atomic E-state index is 12.1. The third-order valence-electron chi connectivity index (χ3n) is 3.61. The number of carbonyl (C=O) groups is 2. The fourth-order valence-corrected chi connectivity index (χ4v) is 2.31. The highest BCUT2D eigenvalue weighted by molar-refractivity contribution is 5.96. The number of nitrogens with zero attached hydrogens (tertiary/aromatic N) is 2. The van der Waals surface area contributed by atoms with Gasteiger partial charge in [-0.1, -0.05) is 17.3 Å². The normalized spacial score (nSPS) is 10.3. The third kappa shape index (κ3) is 4.49. The molecule has 27 heavy (non-hydrogen) atoms. The lowest BCUT2D eigenvalue weighted by molar-refractivity contribution is -0.119. The van der Waals surface area contributed by atoms with E-state index in [1.165, 1.54) is 7.11 Å². The van der Waals surface area contributed by atoms with Crippen LogP contribution in [0.3, 0.4) is 0 Å². The fraction of sp³-hybridized carbons (Fsp3) is 0.158. The van der Waals surface area contributed by atoms with Gasteiger partial charge in [-0.3, -0.25) is 4.79 Å². The Balaban J connectivity index is 1.56. The van der Waals surface area contributed by atoms with E-state index < -0.39 is 18.5 Å². The first-order chi connectivity index (χ1) is 13.1. The molecule has 0 aliphatic rings. The van der Waals surface area contributed by atoms with Crippen LogP contribution < -0.4 is 10.1 Å². The number of anilines is 1. The smallest absolute Gasteiger partial charge is 0.338 e. The molecule has 3 rings (SSSR count). The molecule has 0 saturated carbocycles. The first-order valence-electron chi connectivity index (χ1n) is 8.07. The van der Waals surface area contributed by atoms with Crippen LogP contribution in [-0.2, 0) is 9.53 Å². The van der Waals surface area contributed by atoms with Gasteiger partial charge in [-0.2, -0.15) is 4.98 Å². The predicted octanol–water partition coefficient (Wildman–Crippen LogP) is 2.85. The summed E-state index contributed by atoms with van der Waals surface area (Å²) in [5.74, 6) is 0.325. The van der Waals surface area contributed by atoms with E-state index in [0.29, 0.717) is 34.3 Å². The van der Waals surface area contributed by atoms with Gasteiger partial charge in [-0.15, -0.1) is 0 Å². The lowest BCUT2D eigenvalue weighted by Gasteiger charge is -2.10. The summed E-state index contributed by atoms with van der Waals surface area (Å²) in [6, 6.07) is 13.4. The van der Waals surface area contributed by atoms with Crippen molar-refractivity contribution in [2.45, 2.75) is 6.92 Å². The van der Waals surface area contributed by atoms with E-state index in [9.17, 15) is 9.59 Å². The quantitative estimate of drug-likeness (QED) is 0.668. The number of methoxy groups -OCH3 is 1. The molecule has 0 fully saturated rings. The summed E-state index contributed by atoms with van der Waals surface area (Å²) in [6.45, 7) is 1.30. The highest BCUT2D eigenvalue weighted by Gasteiger charge is 2.13. The number of benzene rings is 2. The largest absolute Gasteiger partial charge is 0.495 e. The van der Waals surface area contributed by atoms with Crippen LogP contribution in [0.25, 0.3) is 11.5 Å². The van der Waals surface area contributed by atoms with Gasteiger partial charge >= 0.3 is 5.97 Å². The Morgan fingerprint density at radius 3 is 2.52 bits per heavy atom. The molecule has 1 heterocycles. The summed E-state index contributed by atoms with van der Waals surface area (Å²) in [7, 11) is 1.50. The topological polar surface area (TPSA) is 104 Å². The lowest BCUT2D eigenvalue weighted by Crippen LogP contribution is -2.21. The van der Waals surface area contributed by atoms with Gasteiger partial charge in [0.25, 0.3) is 11.8 Å². The van der Waals surface area contributed by atoms with Crippen molar-refractivity contribution in [1.29, 1.82) is 0 Å². The molecule has 1 aromatic heterocycles. The molecular formula is C19H17N3O5. The molecule has 138 valence electrons. The van der Waals surface area contributed by atoms with E-state index in [2.05, 4.69) is 15.5 Å². The van der Waals surface area contributed by atoms with Crippen molar-refractivity contribution in [3.63, 3.8) is 0 Å². The lowest BCUT2D eigenvalue weighted by atomic mass is 10.1. The van der Waals surface area contributed by atoms with Crippen molar-refractivity contribution >= 4 is 17.6 Å². The Morgan fingerprint density at radius 2 is 1.85 bits per heavy atom. The summed E-state index contributed by atoms with van der Waals surface area (Å²) in [5, 5.41) is 6.35. The first kappa shape index (κ1) is 18.1. The Bertz CT molecular complexity index is 950. The number of hydrogen-bond acceptors (Lipinski definition) is 7. The molecule has 2 aromatic carbocycles. The van der Waals surface area contributed by atoms with Crippen LogP contribution >= 0.6 is 0 Å². The average Bonchev–Trinajstić information content (AvgIpc) is 3.13. The Labute approximate surface area is 155 Å². The van der Waals surface area contributed by atoms with Crippen molar-refractivity contribution in [3.8, 4) is 17.2 Å². The SMILES string of the molecule is COc1ccccc1NC(=O)COC(=O)c1ccc(-c2nc(C)no2)cc1. The van der Waals surface area contributed by atoms with Gasteiger partial charge in [0, 0.05) is 5.56 Å². The molecular weight excluding hydrogens is 350 g/mol. The van der Waals surface area contributed by atoms with Crippen LogP contribution in [0, 0.1) is 6.92 Å². The number of amides is 1. The third-order valence-corrected chi connectivity index (χ3v) is 3.61. The molecule has 0 aliphatic carbocycles.